The summed E-state index contributed by atoms with van der Waals surface area (Å²) in [5.74, 6) is -1.21. The Hall–Kier alpha value is -2.90. The van der Waals surface area contributed by atoms with Crippen molar-refractivity contribution < 1.29 is 49.3 Å². The minimum absolute atomic E-state index is 0.111. The zero-order valence-electron chi connectivity index (χ0n) is 47.9. The van der Waals surface area contributed by atoms with E-state index < -0.39 is 67.4 Å². The van der Waals surface area contributed by atoms with Gasteiger partial charge in [0.05, 0.1) is 25.4 Å². The van der Waals surface area contributed by atoms with Crippen LogP contribution in [0.25, 0.3) is 0 Å². The summed E-state index contributed by atoms with van der Waals surface area (Å²) in [7, 11) is 0. The first-order valence-electron chi connectivity index (χ1n) is 30.7. The average Bonchev–Trinajstić information content (AvgIpc) is 3.41. The number of carbonyl (C=O) groups excluding carboxylic acids is 2. The predicted molar refractivity (Wildman–Crippen MR) is 310 cm³/mol. The number of amides is 1. The maximum absolute atomic E-state index is 13.4. The molecule has 8 atom stereocenters. The molecular formula is C64H113NO10. The highest BCUT2D eigenvalue weighted by Crippen LogP contribution is 2.26. The van der Waals surface area contributed by atoms with E-state index in [1.165, 1.54) is 103 Å². The monoisotopic (exact) mass is 1060 g/mol. The van der Waals surface area contributed by atoms with Gasteiger partial charge in [0.2, 0.25) is 5.91 Å². The van der Waals surface area contributed by atoms with E-state index in [0.717, 1.165) is 109 Å². The molecule has 0 aliphatic carbocycles. The smallest absolute Gasteiger partial charge is 0.306 e. The lowest BCUT2D eigenvalue weighted by Gasteiger charge is -2.41. The first kappa shape index (κ1) is 70.1. The summed E-state index contributed by atoms with van der Waals surface area (Å²) in [6.45, 7) is 5.64. The molecule has 0 aromatic carbocycles. The van der Waals surface area contributed by atoms with Gasteiger partial charge in [0.15, 0.2) is 12.4 Å². The van der Waals surface area contributed by atoms with E-state index in [4.69, 9.17) is 14.2 Å². The number of hydrogen-bond acceptors (Lipinski definition) is 10. The van der Waals surface area contributed by atoms with Crippen molar-refractivity contribution >= 4 is 11.9 Å². The molecule has 1 rings (SSSR count). The van der Waals surface area contributed by atoms with E-state index >= 15 is 0 Å². The van der Waals surface area contributed by atoms with Gasteiger partial charge in [-0.15, -0.1) is 0 Å². The normalized spacial score (nSPS) is 19.7. The summed E-state index contributed by atoms with van der Waals surface area (Å²) in [4.78, 5) is 26.5. The highest BCUT2D eigenvalue weighted by Gasteiger charge is 2.47. The minimum atomic E-state index is -1.62. The number of aliphatic hydroxyl groups excluding tert-OH is 5. The fraction of sp³-hybridized carbons (Fsp3) is 0.781. The molecule has 75 heavy (non-hydrogen) atoms. The van der Waals surface area contributed by atoms with Gasteiger partial charge in [0.25, 0.3) is 0 Å². The van der Waals surface area contributed by atoms with Crippen LogP contribution in [0.5, 0.6) is 0 Å². The Kier molecular flexibility index (Phi) is 48.5. The lowest BCUT2D eigenvalue weighted by atomic mass is 9.99. The number of nitrogens with one attached hydrogen (secondary N) is 1. The van der Waals surface area contributed by atoms with Crippen LogP contribution in [0.3, 0.4) is 0 Å². The molecule has 1 amide bonds. The van der Waals surface area contributed by atoms with Gasteiger partial charge in [-0.1, -0.05) is 235 Å². The third-order valence-electron chi connectivity index (χ3n) is 14.1. The van der Waals surface area contributed by atoms with Crippen LogP contribution in [-0.2, 0) is 23.8 Å². The summed E-state index contributed by atoms with van der Waals surface area (Å²) >= 11 is 0. The summed E-state index contributed by atoms with van der Waals surface area (Å²) in [5.41, 5.74) is 0. The van der Waals surface area contributed by atoms with Crippen LogP contribution in [0.15, 0.2) is 72.9 Å². The second-order valence-corrected chi connectivity index (χ2v) is 21.0. The van der Waals surface area contributed by atoms with E-state index in [0.29, 0.717) is 12.8 Å². The van der Waals surface area contributed by atoms with E-state index in [2.05, 4.69) is 86.8 Å². The molecule has 0 radical (unpaired) electrons. The second-order valence-electron chi connectivity index (χ2n) is 21.0. The quantitative estimate of drug-likeness (QED) is 0.0195. The van der Waals surface area contributed by atoms with E-state index in [1.807, 2.05) is 6.08 Å². The lowest BCUT2D eigenvalue weighted by molar-refractivity contribution is -0.305. The number of unbranched alkanes of at least 4 members (excludes halogenated alkanes) is 27. The summed E-state index contributed by atoms with van der Waals surface area (Å²) in [6, 6.07) is -1.03. The molecule has 8 unspecified atom stereocenters. The van der Waals surface area contributed by atoms with Crippen LogP contribution in [0, 0.1) is 0 Å². The molecular weight excluding hydrogens is 943 g/mol. The Morgan fingerprint density at radius 3 is 1.47 bits per heavy atom. The third-order valence-corrected chi connectivity index (χ3v) is 14.1. The van der Waals surface area contributed by atoms with Gasteiger partial charge in [-0.3, -0.25) is 9.59 Å². The van der Waals surface area contributed by atoms with Crippen molar-refractivity contribution in [3.05, 3.63) is 72.9 Å². The predicted octanol–water partition coefficient (Wildman–Crippen LogP) is 14.4. The molecule has 1 aliphatic heterocycles. The molecule has 6 N–H and O–H groups in total. The van der Waals surface area contributed by atoms with Crippen molar-refractivity contribution in [2.75, 3.05) is 13.2 Å². The molecule has 1 heterocycles. The van der Waals surface area contributed by atoms with Gasteiger partial charge in [0.1, 0.15) is 24.4 Å². The topological polar surface area (TPSA) is 175 Å². The average molecular weight is 1060 g/mol. The van der Waals surface area contributed by atoms with Crippen LogP contribution < -0.4 is 5.32 Å². The van der Waals surface area contributed by atoms with Crippen LogP contribution >= 0.6 is 0 Å². The number of hydrogen-bond donors (Lipinski definition) is 6. The van der Waals surface area contributed by atoms with Crippen LogP contribution in [0.1, 0.15) is 258 Å². The standard InChI is InChI=1S/C64H113NO10/c1-4-7-10-13-16-19-22-25-27-28-29-30-31-32-33-36-39-42-45-48-51-57(68)63(72)65-55(56(67)50-47-44-41-38-35-24-21-18-15-12-9-6-3)54-73-64-62(61(71)60(70)58(53-66)74-64)75-59(69)52-49-46-43-40-37-34-26-23-20-17-14-11-8-5-2/h8,11,16-17,19-20,25,27,29-30,47,50,55-58,60-62,64,66-68,70-71H,4-7,9-10,12-15,18,21-24,26,28,31-46,48-49,51-54H2,1-3H3,(H,65,72)/b11-8+,19-16-,20-17+,27-25-,30-29-,50-47+. The highest BCUT2D eigenvalue weighted by atomic mass is 16.7. The van der Waals surface area contributed by atoms with Gasteiger partial charge < -0.3 is 45.1 Å². The van der Waals surface area contributed by atoms with Gasteiger partial charge in [0, 0.05) is 6.42 Å². The molecule has 11 nitrogen and oxygen atoms in total. The lowest BCUT2D eigenvalue weighted by Crippen LogP contribution is -2.61. The molecule has 0 aromatic heterocycles. The number of rotatable bonds is 51. The molecule has 0 saturated carbocycles. The van der Waals surface area contributed by atoms with Crippen molar-refractivity contribution in [3.8, 4) is 0 Å². The van der Waals surface area contributed by atoms with E-state index in [1.54, 1.807) is 6.08 Å². The van der Waals surface area contributed by atoms with Crippen molar-refractivity contribution in [3.63, 3.8) is 0 Å². The van der Waals surface area contributed by atoms with Crippen molar-refractivity contribution in [2.45, 2.75) is 307 Å². The molecule has 11 heteroatoms. The maximum Gasteiger partial charge on any atom is 0.306 e. The fourth-order valence-corrected chi connectivity index (χ4v) is 9.22. The molecule has 0 bridgehead atoms. The van der Waals surface area contributed by atoms with Crippen molar-refractivity contribution in [1.82, 2.24) is 5.32 Å². The SMILES string of the molecule is CC/C=C/C/C=C/CCCCCCCCCC(=O)OC1C(OCC(NC(=O)C(O)CCCCCCCCC/C=C\C/C=C\C/C=C\CCCCC)C(O)/C=C/CCCCCCCCCCCC)OC(CO)C(O)C1O. The Bertz CT molecular complexity index is 1490. The molecule has 434 valence electrons. The number of allylic oxidation sites excluding steroid dienone is 11. The van der Waals surface area contributed by atoms with Crippen molar-refractivity contribution in [2.24, 2.45) is 0 Å². The molecule has 1 saturated heterocycles. The van der Waals surface area contributed by atoms with Gasteiger partial charge >= 0.3 is 5.97 Å². The van der Waals surface area contributed by atoms with Crippen LogP contribution in [0.4, 0.5) is 0 Å². The van der Waals surface area contributed by atoms with Gasteiger partial charge in [-0.2, -0.15) is 0 Å². The second kappa shape index (κ2) is 51.8. The number of esters is 1. The summed E-state index contributed by atoms with van der Waals surface area (Å²) in [6.07, 6.45) is 55.1. The largest absolute Gasteiger partial charge is 0.454 e. The Morgan fingerprint density at radius 2 is 0.960 bits per heavy atom. The molecule has 1 aliphatic rings. The van der Waals surface area contributed by atoms with E-state index in [9.17, 15) is 35.1 Å². The maximum atomic E-state index is 13.4. The number of ether oxygens (including phenoxy) is 3. The fourth-order valence-electron chi connectivity index (χ4n) is 9.22. The minimum Gasteiger partial charge on any atom is -0.454 e. The third kappa shape index (κ3) is 40.0. The van der Waals surface area contributed by atoms with Crippen LogP contribution in [-0.4, -0.2) is 99.6 Å². The molecule has 0 spiro atoms. The van der Waals surface area contributed by atoms with E-state index in [-0.39, 0.29) is 19.4 Å². The number of carbonyl (C=O) groups is 2. The Labute approximate surface area is 458 Å². The Balaban J connectivity index is 2.69. The summed E-state index contributed by atoms with van der Waals surface area (Å²) < 4.78 is 17.6. The first-order chi connectivity index (χ1) is 36.7. The zero-order chi connectivity index (χ0) is 54.7. The van der Waals surface area contributed by atoms with Crippen molar-refractivity contribution in [1.29, 1.82) is 0 Å². The summed E-state index contributed by atoms with van der Waals surface area (Å²) in [5, 5.41) is 56.9. The Morgan fingerprint density at radius 1 is 0.533 bits per heavy atom. The van der Waals surface area contributed by atoms with Crippen LogP contribution in [0.2, 0.25) is 0 Å². The number of aliphatic hydroxyl groups is 5. The first-order valence-corrected chi connectivity index (χ1v) is 30.7. The van der Waals surface area contributed by atoms with Gasteiger partial charge in [-0.25, -0.2) is 0 Å². The zero-order valence-corrected chi connectivity index (χ0v) is 47.9. The molecule has 0 aromatic rings. The van der Waals surface area contributed by atoms with Gasteiger partial charge in [-0.05, 0) is 89.9 Å². The molecule has 1 fully saturated rings. The highest BCUT2D eigenvalue weighted by molar-refractivity contribution is 5.80.